The Morgan fingerprint density at radius 3 is 2.61 bits per heavy atom. The quantitative estimate of drug-likeness (QED) is 0.480. The number of aryl methyl sites for hydroxylation is 2. The van der Waals surface area contributed by atoms with E-state index >= 15 is 0 Å². The Morgan fingerprint density at radius 2 is 1.85 bits per heavy atom. The molecule has 1 aliphatic carbocycles. The van der Waals surface area contributed by atoms with E-state index in [0.29, 0.717) is 6.54 Å². The third kappa shape index (κ3) is 3.87. The molecule has 6 rings (SSSR count). The molecule has 5 heterocycles. The number of nitrogens with zero attached hydrogens (tertiary/aromatic N) is 6. The first-order chi connectivity index (χ1) is 15.8. The molecular weight excluding hydrogens is 454 g/mol. The van der Waals surface area contributed by atoms with Crippen LogP contribution in [0.25, 0.3) is 15.2 Å². The van der Waals surface area contributed by atoms with Gasteiger partial charge in [-0.1, -0.05) is 32.1 Å². The van der Waals surface area contributed by atoms with E-state index in [-0.39, 0.29) is 11.0 Å². The Labute approximate surface area is 200 Å². The Balaban J connectivity index is 1.14. The van der Waals surface area contributed by atoms with Gasteiger partial charge >= 0.3 is 0 Å². The highest BCUT2D eigenvalue weighted by molar-refractivity contribution is 7.20. The average Bonchev–Trinajstić information content (AvgIpc) is 3.45. The van der Waals surface area contributed by atoms with Gasteiger partial charge in [-0.15, -0.1) is 16.4 Å². The Hall–Kier alpha value is -2.30. The Morgan fingerprint density at radius 1 is 1.06 bits per heavy atom. The monoisotopic (exact) mass is 483 g/mol. The summed E-state index contributed by atoms with van der Waals surface area (Å²) < 4.78 is 1.91. The molecule has 0 amide bonds. The lowest BCUT2D eigenvalue weighted by Gasteiger charge is -2.33. The zero-order chi connectivity index (χ0) is 22.7. The molecule has 0 bridgehead atoms. The number of rotatable bonds is 3. The maximum Gasteiger partial charge on any atom is 0.259 e. The van der Waals surface area contributed by atoms with Gasteiger partial charge in [-0.05, 0) is 31.2 Å². The number of piperazine rings is 1. The molecule has 4 aromatic heterocycles. The zero-order valence-electron chi connectivity index (χ0n) is 19.3. The van der Waals surface area contributed by atoms with Crippen LogP contribution in [0.15, 0.2) is 11.0 Å². The summed E-state index contributed by atoms with van der Waals surface area (Å²) in [6, 6.07) is 0. The van der Waals surface area contributed by atoms with Gasteiger partial charge < -0.3 is 9.88 Å². The SMILES string of the molecule is CC(C)(C)c1cn2nc(N3CCN(Cc4nc5sc6c(c5c(=O)[nH]4)CCCC6)CC3)sc2n1. The number of fused-ring (bicyclic) bond motifs is 4. The number of anilines is 1. The van der Waals surface area contributed by atoms with Crippen molar-refractivity contribution in [1.82, 2.24) is 29.5 Å². The normalized spacial score (nSPS) is 17.8. The van der Waals surface area contributed by atoms with E-state index in [1.807, 2.05) is 10.7 Å². The fourth-order valence-corrected chi connectivity index (χ4v) is 6.99. The summed E-state index contributed by atoms with van der Waals surface area (Å²) in [5, 5.41) is 6.64. The van der Waals surface area contributed by atoms with E-state index in [1.165, 1.54) is 23.3 Å². The number of aromatic nitrogens is 5. The molecule has 1 aliphatic heterocycles. The van der Waals surface area contributed by atoms with Crippen LogP contribution in [0.1, 0.15) is 55.6 Å². The predicted octanol–water partition coefficient (Wildman–Crippen LogP) is 3.59. The fourth-order valence-electron chi connectivity index (χ4n) is 4.77. The topological polar surface area (TPSA) is 82.4 Å². The number of H-pyrrole nitrogens is 1. The lowest BCUT2D eigenvalue weighted by Crippen LogP contribution is -2.46. The molecule has 0 atom stereocenters. The van der Waals surface area contributed by atoms with Crippen molar-refractivity contribution in [3.05, 3.63) is 38.5 Å². The van der Waals surface area contributed by atoms with E-state index in [0.717, 1.165) is 70.8 Å². The summed E-state index contributed by atoms with van der Waals surface area (Å²) in [6.45, 7) is 10.8. The lowest BCUT2D eigenvalue weighted by atomic mass is 9.93. The van der Waals surface area contributed by atoms with Crippen molar-refractivity contribution in [2.24, 2.45) is 0 Å². The third-order valence-electron chi connectivity index (χ3n) is 6.69. The van der Waals surface area contributed by atoms with Gasteiger partial charge in [-0.3, -0.25) is 9.69 Å². The van der Waals surface area contributed by atoms with Crippen molar-refractivity contribution in [3.8, 4) is 0 Å². The number of hydrogen-bond donors (Lipinski definition) is 1. The molecule has 1 N–H and O–H groups in total. The van der Waals surface area contributed by atoms with E-state index in [2.05, 4.69) is 35.6 Å². The minimum atomic E-state index is 0.0274. The van der Waals surface area contributed by atoms with Crippen LogP contribution in [-0.2, 0) is 24.8 Å². The van der Waals surface area contributed by atoms with Gasteiger partial charge in [-0.25, -0.2) is 14.5 Å². The van der Waals surface area contributed by atoms with Gasteiger partial charge in [0.25, 0.3) is 5.56 Å². The summed E-state index contributed by atoms with van der Waals surface area (Å²) >= 11 is 3.37. The maximum absolute atomic E-state index is 12.8. The molecule has 8 nitrogen and oxygen atoms in total. The van der Waals surface area contributed by atoms with Crippen molar-refractivity contribution < 1.29 is 0 Å². The van der Waals surface area contributed by atoms with Crippen LogP contribution >= 0.6 is 22.7 Å². The van der Waals surface area contributed by atoms with Crippen LogP contribution in [-0.4, -0.2) is 55.6 Å². The first kappa shape index (κ1) is 21.2. The van der Waals surface area contributed by atoms with Gasteiger partial charge in [0.2, 0.25) is 10.1 Å². The molecule has 4 aromatic rings. The van der Waals surface area contributed by atoms with Crippen molar-refractivity contribution >= 4 is 43.0 Å². The molecule has 1 saturated heterocycles. The van der Waals surface area contributed by atoms with Gasteiger partial charge in [-0.2, -0.15) is 0 Å². The summed E-state index contributed by atoms with van der Waals surface area (Å²) in [4.78, 5) is 33.4. The average molecular weight is 484 g/mol. The predicted molar refractivity (Wildman–Crippen MR) is 134 cm³/mol. The molecule has 0 unspecified atom stereocenters. The standard InChI is InChI=1S/C23H29N7OS2/c1-23(2,3)16-12-30-21(24-16)33-22(27-30)29-10-8-28(9-11-29)13-17-25-19(31)18-14-6-4-5-7-15(14)32-20(18)26-17/h12H,4-11,13H2,1-3H3,(H,25,26,31). The Kier molecular flexibility index (Phi) is 5.08. The summed E-state index contributed by atoms with van der Waals surface area (Å²) in [7, 11) is 0. The van der Waals surface area contributed by atoms with E-state index in [1.54, 1.807) is 22.7 Å². The first-order valence-electron chi connectivity index (χ1n) is 11.7. The van der Waals surface area contributed by atoms with Crippen LogP contribution in [0.5, 0.6) is 0 Å². The van der Waals surface area contributed by atoms with Crippen LogP contribution in [0.2, 0.25) is 0 Å². The molecule has 2 aliphatic rings. The molecule has 0 aromatic carbocycles. The largest absolute Gasteiger partial charge is 0.344 e. The van der Waals surface area contributed by atoms with Gasteiger partial charge in [0.05, 0.1) is 23.8 Å². The summed E-state index contributed by atoms with van der Waals surface area (Å²) in [5.41, 5.74) is 2.38. The number of imidazole rings is 1. The third-order valence-corrected chi connectivity index (χ3v) is 8.86. The molecule has 0 saturated carbocycles. The molecule has 33 heavy (non-hydrogen) atoms. The van der Waals surface area contributed by atoms with Crippen molar-refractivity contribution in [2.45, 2.75) is 58.4 Å². The highest BCUT2D eigenvalue weighted by Gasteiger charge is 2.24. The second-order valence-electron chi connectivity index (χ2n) is 10.2. The molecule has 1 fully saturated rings. The first-order valence-corrected chi connectivity index (χ1v) is 13.4. The van der Waals surface area contributed by atoms with E-state index < -0.39 is 0 Å². The second kappa shape index (κ2) is 7.89. The maximum atomic E-state index is 12.8. The van der Waals surface area contributed by atoms with Gasteiger partial charge in [0.1, 0.15) is 10.7 Å². The number of nitrogens with one attached hydrogen (secondary N) is 1. The molecule has 10 heteroatoms. The van der Waals surface area contributed by atoms with Crippen LogP contribution in [0.3, 0.4) is 0 Å². The van der Waals surface area contributed by atoms with Crippen molar-refractivity contribution in [2.75, 3.05) is 31.1 Å². The molecule has 0 radical (unpaired) electrons. The van der Waals surface area contributed by atoms with Crippen molar-refractivity contribution in [3.63, 3.8) is 0 Å². The number of aromatic amines is 1. The summed E-state index contributed by atoms with van der Waals surface area (Å²) in [6.07, 6.45) is 6.55. The zero-order valence-corrected chi connectivity index (χ0v) is 21.0. The molecular formula is C23H29N7OS2. The van der Waals surface area contributed by atoms with Crippen LogP contribution in [0, 0.1) is 0 Å². The second-order valence-corrected chi connectivity index (χ2v) is 12.2. The minimum Gasteiger partial charge on any atom is -0.344 e. The smallest absolute Gasteiger partial charge is 0.259 e. The Bertz CT molecular complexity index is 1350. The number of thiophene rings is 1. The van der Waals surface area contributed by atoms with E-state index in [9.17, 15) is 4.79 Å². The lowest BCUT2D eigenvalue weighted by molar-refractivity contribution is 0.244. The molecule has 174 valence electrons. The van der Waals surface area contributed by atoms with E-state index in [4.69, 9.17) is 15.1 Å². The van der Waals surface area contributed by atoms with Gasteiger partial charge in [0.15, 0.2) is 0 Å². The van der Waals surface area contributed by atoms with Crippen LogP contribution in [0.4, 0.5) is 5.13 Å². The highest BCUT2D eigenvalue weighted by atomic mass is 32.1. The number of hydrogen-bond acceptors (Lipinski definition) is 8. The van der Waals surface area contributed by atoms with Crippen LogP contribution < -0.4 is 10.5 Å². The van der Waals surface area contributed by atoms with Gasteiger partial charge in [0, 0.05) is 36.5 Å². The molecule has 0 spiro atoms. The summed E-state index contributed by atoms with van der Waals surface area (Å²) in [5.74, 6) is 0.780. The highest BCUT2D eigenvalue weighted by Crippen LogP contribution is 2.33. The fraction of sp³-hybridized carbons (Fsp3) is 0.565. The minimum absolute atomic E-state index is 0.0274. The van der Waals surface area contributed by atoms with Crippen molar-refractivity contribution in [1.29, 1.82) is 0 Å².